The quantitative estimate of drug-likeness (QED) is 0.656. The van der Waals surface area contributed by atoms with Crippen molar-refractivity contribution >= 4 is 17.2 Å². The maximum absolute atomic E-state index is 12.3. The minimum atomic E-state index is -0.257. The average Bonchev–Trinajstić information content (AvgIpc) is 3.41. The van der Waals surface area contributed by atoms with Crippen molar-refractivity contribution in [3.8, 4) is 11.3 Å². The van der Waals surface area contributed by atoms with Crippen LogP contribution < -0.4 is 16.2 Å². The molecule has 0 radical (unpaired) electrons. The zero-order valence-electron chi connectivity index (χ0n) is 13.4. The molecule has 1 aliphatic heterocycles. The number of hydrazine groups is 1. The first-order valence-electron chi connectivity index (χ1n) is 8.13. The molecule has 4 rings (SSSR count). The molecule has 1 aliphatic rings. The summed E-state index contributed by atoms with van der Waals surface area (Å²) in [6, 6.07) is 15.6. The van der Waals surface area contributed by atoms with Crippen LogP contribution in [0.15, 0.2) is 58.4 Å². The lowest BCUT2D eigenvalue weighted by atomic mass is 10.1. The minimum absolute atomic E-state index is 0.0455. The van der Waals surface area contributed by atoms with Crippen molar-refractivity contribution in [1.29, 1.82) is 0 Å². The van der Waals surface area contributed by atoms with Gasteiger partial charge >= 0.3 is 0 Å². The Balaban J connectivity index is 1.31. The van der Waals surface area contributed by atoms with Gasteiger partial charge in [-0.25, -0.2) is 10.9 Å². The van der Waals surface area contributed by atoms with Crippen LogP contribution in [0.1, 0.15) is 23.0 Å². The van der Waals surface area contributed by atoms with Crippen molar-refractivity contribution in [2.24, 2.45) is 0 Å². The summed E-state index contributed by atoms with van der Waals surface area (Å²) in [5.74, 6) is 0.652. The molecule has 0 spiro atoms. The van der Waals surface area contributed by atoms with E-state index in [4.69, 9.17) is 4.52 Å². The van der Waals surface area contributed by atoms with Crippen LogP contribution >= 0.6 is 11.3 Å². The maximum atomic E-state index is 12.3. The minimum Gasteiger partial charge on any atom is -0.356 e. The Morgan fingerprint density at radius 1 is 1.24 bits per heavy atom. The average molecular weight is 354 g/mol. The van der Waals surface area contributed by atoms with Crippen LogP contribution in [0, 0.1) is 0 Å². The van der Waals surface area contributed by atoms with E-state index in [-0.39, 0.29) is 18.0 Å². The van der Waals surface area contributed by atoms with Gasteiger partial charge in [0.25, 0.3) is 0 Å². The van der Waals surface area contributed by atoms with Crippen LogP contribution in [0.5, 0.6) is 0 Å². The number of amides is 1. The second-order valence-electron chi connectivity index (χ2n) is 5.91. The van der Waals surface area contributed by atoms with Crippen molar-refractivity contribution < 1.29 is 9.32 Å². The smallest absolute Gasteiger partial charge is 0.238 e. The first-order chi connectivity index (χ1) is 12.3. The Bertz CT molecular complexity index is 832. The number of rotatable bonds is 5. The molecule has 2 unspecified atom stereocenters. The number of nitrogens with zero attached hydrogens (tertiary/aromatic N) is 1. The third-order valence-corrected chi connectivity index (χ3v) is 5.15. The molecule has 128 valence electrons. The molecule has 2 aromatic heterocycles. The molecule has 3 N–H and O–H groups in total. The number of aromatic nitrogens is 1. The summed E-state index contributed by atoms with van der Waals surface area (Å²) in [6.07, 6.45) is 0.723. The van der Waals surface area contributed by atoms with E-state index in [1.165, 1.54) is 4.88 Å². The lowest BCUT2D eigenvalue weighted by molar-refractivity contribution is -0.123. The van der Waals surface area contributed by atoms with Gasteiger partial charge in [-0.3, -0.25) is 4.79 Å². The standard InChI is InChI=1S/C18H18N4O2S/c23-18(15-10-14(20-21-15)17-7-4-8-25-17)19-11-13-9-16(24-22-13)12-5-2-1-3-6-12/h1-9,14-15,20-21H,10-11H2,(H,19,23). The summed E-state index contributed by atoms with van der Waals surface area (Å²) in [5, 5.41) is 8.97. The number of carbonyl (C=O) groups is 1. The number of benzene rings is 1. The molecule has 0 saturated carbocycles. The second kappa shape index (κ2) is 7.18. The number of carbonyl (C=O) groups excluding carboxylic acids is 1. The van der Waals surface area contributed by atoms with Gasteiger partial charge in [0.1, 0.15) is 11.7 Å². The molecular weight excluding hydrogens is 336 g/mol. The lowest BCUT2D eigenvalue weighted by Crippen LogP contribution is -2.42. The van der Waals surface area contributed by atoms with Gasteiger partial charge < -0.3 is 9.84 Å². The second-order valence-corrected chi connectivity index (χ2v) is 6.89. The fraction of sp³-hybridized carbons (Fsp3) is 0.222. The number of hydrogen-bond donors (Lipinski definition) is 3. The molecule has 1 fully saturated rings. The Kier molecular flexibility index (Phi) is 4.60. The molecule has 1 aromatic carbocycles. The zero-order valence-corrected chi connectivity index (χ0v) is 14.3. The van der Waals surface area contributed by atoms with Crippen LogP contribution in [0.3, 0.4) is 0 Å². The summed E-state index contributed by atoms with van der Waals surface area (Å²) < 4.78 is 5.35. The normalized spacial score (nSPS) is 19.8. The van der Waals surface area contributed by atoms with Crippen LogP contribution in [0.2, 0.25) is 0 Å². The first-order valence-corrected chi connectivity index (χ1v) is 9.01. The Labute approximate surface area is 149 Å². The van der Waals surface area contributed by atoms with Gasteiger partial charge in [0.05, 0.1) is 12.6 Å². The van der Waals surface area contributed by atoms with Crippen molar-refractivity contribution in [3.63, 3.8) is 0 Å². The summed E-state index contributed by atoms with van der Waals surface area (Å²) in [7, 11) is 0. The van der Waals surface area contributed by atoms with Gasteiger partial charge in [-0.05, 0) is 17.9 Å². The molecule has 0 bridgehead atoms. The molecule has 1 amide bonds. The summed E-state index contributed by atoms with van der Waals surface area (Å²) in [6.45, 7) is 0.344. The molecular formula is C18H18N4O2S. The van der Waals surface area contributed by atoms with E-state index in [0.717, 1.165) is 12.0 Å². The highest BCUT2D eigenvalue weighted by Gasteiger charge is 2.30. The number of nitrogens with one attached hydrogen (secondary N) is 3. The Morgan fingerprint density at radius 2 is 2.12 bits per heavy atom. The molecule has 6 nitrogen and oxygen atoms in total. The zero-order chi connectivity index (χ0) is 17.1. The molecule has 1 saturated heterocycles. The SMILES string of the molecule is O=C(NCc1cc(-c2ccccc2)on1)C1CC(c2cccs2)NN1. The van der Waals surface area contributed by atoms with E-state index < -0.39 is 0 Å². The topological polar surface area (TPSA) is 79.2 Å². The molecule has 3 heterocycles. The van der Waals surface area contributed by atoms with Crippen molar-refractivity contribution in [1.82, 2.24) is 21.3 Å². The molecule has 2 atom stereocenters. The fourth-order valence-electron chi connectivity index (χ4n) is 2.84. The van der Waals surface area contributed by atoms with Gasteiger partial charge in [0, 0.05) is 16.5 Å². The van der Waals surface area contributed by atoms with Crippen LogP contribution in [-0.2, 0) is 11.3 Å². The van der Waals surface area contributed by atoms with Crippen molar-refractivity contribution in [2.75, 3.05) is 0 Å². The summed E-state index contributed by atoms with van der Waals surface area (Å²) >= 11 is 1.69. The van der Waals surface area contributed by atoms with Crippen LogP contribution in [0.4, 0.5) is 0 Å². The van der Waals surface area contributed by atoms with E-state index >= 15 is 0 Å². The van der Waals surface area contributed by atoms with Crippen molar-refractivity contribution in [3.05, 3.63) is 64.5 Å². The van der Waals surface area contributed by atoms with E-state index in [1.807, 2.05) is 47.8 Å². The van der Waals surface area contributed by atoms with E-state index in [0.29, 0.717) is 18.0 Å². The summed E-state index contributed by atoms with van der Waals surface area (Å²) in [5.41, 5.74) is 7.91. The number of thiophene rings is 1. The fourth-order valence-corrected chi connectivity index (χ4v) is 3.63. The third-order valence-electron chi connectivity index (χ3n) is 4.17. The largest absolute Gasteiger partial charge is 0.356 e. The predicted molar refractivity (Wildman–Crippen MR) is 95.5 cm³/mol. The van der Waals surface area contributed by atoms with Gasteiger partial charge in [-0.1, -0.05) is 41.6 Å². The Morgan fingerprint density at radius 3 is 2.92 bits per heavy atom. The monoisotopic (exact) mass is 354 g/mol. The van der Waals surface area contributed by atoms with E-state index in [9.17, 15) is 4.79 Å². The van der Waals surface area contributed by atoms with Crippen LogP contribution in [0.25, 0.3) is 11.3 Å². The van der Waals surface area contributed by atoms with Gasteiger partial charge in [-0.2, -0.15) is 0 Å². The molecule has 25 heavy (non-hydrogen) atoms. The third kappa shape index (κ3) is 3.63. The summed E-state index contributed by atoms with van der Waals surface area (Å²) in [4.78, 5) is 13.6. The predicted octanol–water partition coefficient (Wildman–Crippen LogP) is 2.63. The van der Waals surface area contributed by atoms with Crippen LogP contribution in [-0.4, -0.2) is 17.1 Å². The van der Waals surface area contributed by atoms with E-state index in [1.54, 1.807) is 11.3 Å². The number of hydrogen-bond acceptors (Lipinski definition) is 6. The first kappa shape index (κ1) is 16.0. The highest BCUT2D eigenvalue weighted by atomic mass is 32.1. The maximum Gasteiger partial charge on any atom is 0.238 e. The molecule has 7 heteroatoms. The lowest BCUT2D eigenvalue weighted by Gasteiger charge is -2.09. The molecule has 3 aromatic rings. The highest BCUT2D eigenvalue weighted by molar-refractivity contribution is 7.10. The molecule has 0 aliphatic carbocycles. The van der Waals surface area contributed by atoms with Gasteiger partial charge in [-0.15, -0.1) is 11.3 Å². The highest BCUT2D eigenvalue weighted by Crippen LogP contribution is 2.26. The Hall–Kier alpha value is -2.48. The van der Waals surface area contributed by atoms with Crippen molar-refractivity contribution in [2.45, 2.75) is 25.0 Å². The van der Waals surface area contributed by atoms with E-state index in [2.05, 4.69) is 27.4 Å². The van der Waals surface area contributed by atoms with Gasteiger partial charge in [0.15, 0.2) is 5.76 Å². The van der Waals surface area contributed by atoms with Gasteiger partial charge in [0.2, 0.25) is 5.91 Å².